The molecule has 0 aliphatic carbocycles. The molecule has 1 aromatic heterocycles. The Labute approximate surface area is 121 Å². The highest BCUT2D eigenvalue weighted by molar-refractivity contribution is 9.10. The Balaban J connectivity index is 1.77. The predicted molar refractivity (Wildman–Crippen MR) is 78.8 cm³/mol. The minimum atomic E-state index is 0.749. The van der Waals surface area contributed by atoms with E-state index in [1.807, 2.05) is 36.5 Å². The maximum atomic E-state index is 6.04. The lowest BCUT2D eigenvalue weighted by Crippen LogP contribution is -2.17. The normalized spacial score (nSPS) is 10.6. The second-order valence-electron chi connectivity index (χ2n) is 4.00. The number of halogens is 2. The maximum Gasteiger partial charge on any atom is 0.0551 e. The molecule has 0 fully saturated rings. The van der Waals surface area contributed by atoms with E-state index in [1.165, 1.54) is 5.56 Å². The van der Waals surface area contributed by atoms with Crippen LogP contribution in [0.4, 0.5) is 0 Å². The summed E-state index contributed by atoms with van der Waals surface area (Å²) in [5, 5.41) is 4.13. The smallest absolute Gasteiger partial charge is 0.0551 e. The van der Waals surface area contributed by atoms with Crippen molar-refractivity contribution in [3.05, 3.63) is 63.3 Å². The van der Waals surface area contributed by atoms with Crippen LogP contribution in [0.2, 0.25) is 5.02 Å². The van der Waals surface area contributed by atoms with E-state index in [0.717, 1.165) is 34.7 Å². The number of pyridine rings is 1. The third kappa shape index (κ3) is 4.09. The van der Waals surface area contributed by atoms with E-state index in [0.29, 0.717) is 0 Å². The van der Waals surface area contributed by atoms with Crippen molar-refractivity contribution in [1.29, 1.82) is 0 Å². The zero-order valence-corrected chi connectivity index (χ0v) is 12.2. The number of nitrogens with one attached hydrogen (secondary N) is 1. The van der Waals surface area contributed by atoms with Crippen molar-refractivity contribution in [3.8, 4) is 0 Å². The van der Waals surface area contributed by atoms with E-state index < -0.39 is 0 Å². The summed E-state index contributed by atoms with van der Waals surface area (Å²) < 4.78 is 0.932. The predicted octanol–water partition coefficient (Wildman–Crippen LogP) is 3.83. The molecule has 94 valence electrons. The molecule has 0 bridgehead atoms. The van der Waals surface area contributed by atoms with Gasteiger partial charge in [0.15, 0.2) is 0 Å². The number of rotatable bonds is 5. The van der Waals surface area contributed by atoms with E-state index in [1.54, 1.807) is 0 Å². The van der Waals surface area contributed by atoms with Crippen LogP contribution in [0.1, 0.15) is 11.3 Å². The van der Waals surface area contributed by atoms with Crippen LogP contribution in [-0.4, -0.2) is 11.5 Å². The molecule has 0 atom stereocenters. The Hall–Kier alpha value is -0.900. The zero-order valence-electron chi connectivity index (χ0n) is 9.87. The van der Waals surface area contributed by atoms with Crippen molar-refractivity contribution in [2.75, 3.05) is 6.54 Å². The maximum absolute atomic E-state index is 6.04. The highest BCUT2D eigenvalue weighted by atomic mass is 79.9. The fourth-order valence-corrected chi connectivity index (χ4v) is 2.09. The lowest BCUT2D eigenvalue weighted by atomic mass is 10.2. The molecule has 2 rings (SSSR count). The van der Waals surface area contributed by atoms with Gasteiger partial charge in [0.2, 0.25) is 0 Å². The summed E-state index contributed by atoms with van der Waals surface area (Å²) >= 11 is 9.42. The summed E-state index contributed by atoms with van der Waals surface area (Å²) in [6, 6.07) is 12.0. The fraction of sp³-hybridized carbons (Fsp3) is 0.214. The third-order valence-corrected chi connectivity index (χ3v) is 3.83. The minimum Gasteiger partial charge on any atom is -0.312 e. The van der Waals surface area contributed by atoms with Gasteiger partial charge in [0.05, 0.1) is 5.02 Å². The Morgan fingerprint density at radius 3 is 2.83 bits per heavy atom. The quantitative estimate of drug-likeness (QED) is 0.845. The number of benzene rings is 1. The standard InChI is InChI=1S/C14H14BrClN2/c15-13-5-4-11(9-14(13)16)10-17-8-6-12-3-1-2-7-18-12/h1-5,7,9,17H,6,8,10H2. The number of nitrogens with zero attached hydrogens (tertiary/aromatic N) is 1. The summed E-state index contributed by atoms with van der Waals surface area (Å²) in [5.41, 5.74) is 2.29. The molecule has 0 saturated carbocycles. The van der Waals surface area contributed by atoms with Crippen LogP contribution in [0, 0.1) is 0 Å². The highest BCUT2D eigenvalue weighted by Gasteiger charge is 1.99. The second-order valence-corrected chi connectivity index (χ2v) is 5.26. The van der Waals surface area contributed by atoms with Gasteiger partial charge in [-0.15, -0.1) is 0 Å². The molecule has 0 radical (unpaired) electrons. The Morgan fingerprint density at radius 1 is 1.22 bits per heavy atom. The van der Waals surface area contributed by atoms with Crippen molar-refractivity contribution in [1.82, 2.24) is 10.3 Å². The largest absolute Gasteiger partial charge is 0.312 e. The third-order valence-electron chi connectivity index (χ3n) is 2.60. The topological polar surface area (TPSA) is 24.9 Å². The van der Waals surface area contributed by atoms with Crippen LogP contribution >= 0.6 is 27.5 Å². The van der Waals surface area contributed by atoms with Crippen molar-refractivity contribution in [2.45, 2.75) is 13.0 Å². The average molecular weight is 326 g/mol. The number of hydrogen-bond acceptors (Lipinski definition) is 2. The van der Waals surface area contributed by atoms with Crippen LogP contribution in [-0.2, 0) is 13.0 Å². The Morgan fingerprint density at radius 2 is 2.11 bits per heavy atom. The van der Waals surface area contributed by atoms with E-state index in [-0.39, 0.29) is 0 Å². The van der Waals surface area contributed by atoms with E-state index in [2.05, 4.69) is 32.3 Å². The molecule has 1 aromatic carbocycles. The van der Waals surface area contributed by atoms with Gasteiger partial charge in [-0.2, -0.15) is 0 Å². The second kappa shape index (κ2) is 6.88. The molecular formula is C14H14BrClN2. The van der Waals surface area contributed by atoms with Gasteiger partial charge in [-0.25, -0.2) is 0 Å². The van der Waals surface area contributed by atoms with Gasteiger partial charge in [-0.1, -0.05) is 23.7 Å². The molecule has 0 spiro atoms. The number of hydrogen-bond donors (Lipinski definition) is 1. The summed E-state index contributed by atoms with van der Waals surface area (Å²) in [6.07, 6.45) is 2.76. The van der Waals surface area contributed by atoms with Crippen LogP contribution < -0.4 is 5.32 Å². The first-order valence-corrected chi connectivity index (χ1v) is 6.97. The van der Waals surface area contributed by atoms with Gasteiger partial charge in [0.25, 0.3) is 0 Å². The van der Waals surface area contributed by atoms with Gasteiger partial charge in [0, 0.05) is 35.9 Å². The molecule has 2 aromatic rings. The molecule has 4 heteroatoms. The molecule has 0 saturated heterocycles. The van der Waals surface area contributed by atoms with Crippen molar-refractivity contribution in [3.63, 3.8) is 0 Å². The Bertz CT molecular complexity index is 502. The van der Waals surface area contributed by atoms with Gasteiger partial charge >= 0.3 is 0 Å². The molecule has 1 heterocycles. The number of aromatic nitrogens is 1. The average Bonchev–Trinajstić information content (AvgIpc) is 2.40. The molecule has 18 heavy (non-hydrogen) atoms. The monoisotopic (exact) mass is 324 g/mol. The van der Waals surface area contributed by atoms with Gasteiger partial charge < -0.3 is 5.32 Å². The summed E-state index contributed by atoms with van der Waals surface area (Å²) in [6.45, 7) is 1.73. The first-order chi connectivity index (χ1) is 8.75. The van der Waals surface area contributed by atoms with Crippen LogP contribution in [0.5, 0.6) is 0 Å². The SMILES string of the molecule is Clc1cc(CNCCc2ccccn2)ccc1Br. The molecular weight excluding hydrogens is 312 g/mol. The summed E-state index contributed by atoms with van der Waals surface area (Å²) in [7, 11) is 0. The Kier molecular flexibility index (Phi) is 5.17. The minimum absolute atomic E-state index is 0.749. The van der Waals surface area contributed by atoms with Gasteiger partial charge in [-0.05, 0) is 45.8 Å². The molecule has 0 amide bonds. The van der Waals surface area contributed by atoms with Crippen LogP contribution in [0.25, 0.3) is 0 Å². The van der Waals surface area contributed by atoms with Crippen molar-refractivity contribution < 1.29 is 0 Å². The van der Waals surface area contributed by atoms with Crippen LogP contribution in [0.3, 0.4) is 0 Å². The lowest BCUT2D eigenvalue weighted by molar-refractivity contribution is 0.680. The highest BCUT2D eigenvalue weighted by Crippen LogP contribution is 2.22. The molecule has 2 nitrogen and oxygen atoms in total. The molecule has 1 N–H and O–H groups in total. The first kappa shape index (κ1) is 13.5. The molecule has 0 aliphatic rings. The van der Waals surface area contributed by atoms with Gasteiger partial charge in [0.1, 0.15) is 0 Å². The first-order valence-electron chi connectivity index (χ1n) is 5.80. The summed E-state index contributed by atoms with van der Waals surface area (Å²) in [4.78, 5) is 4.28. The van der Waals surface area contributed by atoms with E-state index in [9.17, 15) is 0 Å². The zero-order chi connectivity index (χ0) is 12.8. The van der Waals surface area contributed by atoms with E-state index in [4.69, 9.17) is 11.6 Å². The molecule has 0 unspecified atom stereocenters. The summed E-state index contributed by atoms with van der Waals surface area (Å²) in [5.74, 6) is 0. The van der Waals surface area contributed by atoms with E-state index >= 15 is 0 Å². The van der Waals surface area contributed by atoms with Crippen molar-refractivity contribution >= 4 is 27.5 Å². The van der Waals surface area contributed by atoms with Gasteiger partial charge in [-0.3, -0.25) is 4.98 Å². The van der Waals surface area contributed by atoms with Crippen LogP contribution in [0.15, 0.2) is 47.1 Å². The fourth-order valence-electron chi connectivity index (χ4n) is 1.64. The molecule has 0 aliphatic heterocycles. The lowest BCUT2D eigenvalue weighted by Gasteiger charge is -2.06. The van der Waals surface area contributed by atoms with Crippen molar-refractivity contribution in [2.24, 2.45) is 0 Å².